The van der Waals surface area contributed by atoms with Crippen LogP contribution in [0.1, 0.15) is 36.9 Å². The van der Waals surface area contributed by atoms with Gasteiger partial charge in [-0.1, -0.05) is 12.1 Å². The van der Waals surface area contributed by atoms with E-state index in [1.54, 1.807) is 17.0 Å². The Labute approximate surface area is 179 Å². The maximum atomic E-state index is 13.1. The van der Waals surface area contributed by atoms with Crippen molar-refractivity contribution in [3.63, 3.8) is 0 Å². The van der Waals surface area contributed by atoms with E-state index in [9.17, 15) is 14.0 Å². The highest BCUT2D eigenvalue weighted by Gasteiger charge is 2.26. The molecule has 1 aromatic carbocycles. The molecule has 2 aromatic heterocycles. The standard InChI is InChI=1S/C22H25FN6O2/c1-14(30)24-12-20(31)29-10-2-3-16(13-29)19-9-8-18-21(27-28-22(18)26-19)25-11-15-4-6-17(23)7-5-15/h4-9,16H,2-3,10-13H2,1H3,(H,24,30)(H2,25,26,27,28)/t16-/m1/s1. The molecule has 0 unspecified atom stereocenters. The van der Waals surface area contributed by atoms with Crippen LogP contribution >= 0.6 is 0 Å². The summed E-state index contributed by atoms with van der Waals surface area (Å²) in [7, 11) is 0. The number of carbonyl (C=O) groups is 2. The molecular formula is C22H25FN6O2. The fraction of sp³-hybridized carbons (Fsp3) is 0.364. The number of pyridine rings is 1. The Morgan fingerprint density at radius 3 is 2.81 bits per heavy atom. The van der Waals surface area contributed by atoms with Crippen LogP contribution in [-0.2, 0) is 16.1 Å². The summed E-state index contributed by atoms with van der Waals surface area (Å²) in [6.45, 7) is 3.23. The lowest BCUT2D eigenvalue weighted by Gasteiger charge is -2.32. The molecule has 0 saturated carbocycles. The first-order chi connectivity index (χ1) is 15.0. The van der Waals surface area contributed by atoms with Crippen molar-refractivity contribution in [1.82, 2.24) is 25.4 Å². The van der Waals surface area contributed by atoms with Gasteiger partial charge < -0.3 is 15.5 Å². The number of nitrogens with one attached hydrogen (secondary N) is 3. The number of carbonyl (C=O) groups excluding carboxylic acids is 2. The van der Waals surface area contributed by atoms with Crippen LogP contribution in [0.3, 0.4) is 0 Å². The monoisotopic (exact) mass is 424 g/mol. The fourth-order valence-electron chi connectivity index (χ4n) is 3.83. The summed E-state index contributed by atoms with van der Waals surface area (Å²) >= 11 is 0. The summed E-state index contributed by atoms with van der Waals surface area (Å²) in [5, 5.41) is 14.0. The highest BCUT2D eigenvalue weighted by Crippen LogP contribution is 2.28. The number of aromatic amines is 1. The lowest BCUT2D eigenvalue weighted by molar-refractivity contribution is -0.133. The van der Waals surface area contributed by atoms with E-state index in [1.807, 2.05) is 12.1 Å². The zero-order valence-corrected chi connectivity index (χ0v) is 17.3. The third-order valence-electron chi connectivity index (χ3n) is 5.50. The Balaban J connectivity index is 1.42. The molecule has 1 saturated heterocycles. The first kappa shape index (κ1) is 20.8. The SMILES string of the molecule is CC(=O)NCC(=O)N1CCC[C@@H](c2ccc3c(NCc4ccc(F)cc4)n[nH]c3n2)C1. The highest BCUT2D eigenvalue weighted by atomic mass is 19.1. The van der Waals surface area contributed by atoms with Gasteiger partial charge in [-0.2, -0.15) is 5.10 Å². The topological polar surface area (TPSA) is 103 Å². The van der Waals surface area contributed by atoms with Crippen LogP contribution in [0.2, 0.25) is 0 Å². The van der Waals surface area contributed by atoms with E-state index in [-0.39, 0.29) is 30.1 Å². The Kier molecular flexibility index (Phi) is 6.11. The van der Waals surface area contributed by atoms with Crippen molar-refractivity contribution in [1.29, 1.82) is 0 Å². The molecule has 1 aliphatic heterocycles. The molecule has 3 heterocycles. The van der Waals surface area contributed by atoms with Gasteiger partial charge in [-0.15, -0.1) is 0 Å². The molecule has 1 aliphatic rings. The molecule has 4 rings (SSSR count). The molecule has 3 N–H and O–H groups in total. The molecule has 162 valence electrons. The molecule has 1 fully saturated rings. The van der Waals surface area contributed by atoms with Gasteiger partial charge in [-0.05, 0) is 42.7 Å². The minimum Gasteiger partial charge on any atom is -0.364 e. The number of nitrogens with zero attached hydrogens (tertiary/aromatic N) is 3. The number of anilines is 1. The van der Waals surface area contributed by atoms with Gasteiger partial charge in [0.05, 0.1) is 11.9 Å². The average Bonchev–Trinajstić information content (AvgIpc) is 3.19. The predicted octanol–water partition coefficient (Wildman–Crippen LogP) is 2.55. The minimum atomic E-state index is -0.260. The zero-order chi connectivity index (χ0) is 21.8. The average molecular weight is 424 g/mol. The largest absolute Gasteiger partial charge is 0.364 e. The Bertz CT molecular complexity index is 1080. The van der Waals surface area contributed by atoms with Gasteiger partial charge in [0.1, 0.15) is 5.82 Å². The summed E-state index contributed by atoms with van der Waals surface area (Å²) in [5.74, 6) is 0.281. The normalized spacial score (nSPS) is 16.3. The molecule has 0 bridgehead atoms. The van der Waals surface area contributed by atoms with Crippen LogP contribution < -0.4 is 10.6 Å². The number of fused-ring (bicyclic) bond motifs is 1. The van der Waals surface area contributed by atoms with E-state index in [0.29, 0.717) is 31.1 Å². The second kappa shape index (κ2) is 9.11. The number of likely N-dealkylation sites (tertiary alicyclic amines) is 1. The second-order valence-electron chi connectivity index (χ2n) is 7.77. The smallest absolute Gasteiger partial charge is 0.241 e. The molecule has 0 aliphatic carbocycles. The molecule has 1 atom stereocenters. The number of rotatable bonds is 6. The van der Waals surface area contributed by atoms with Crippen LogP contribution in [-0.4, -0.2) is 51.5 Å². The van der Waals surface area contributed by atoms with E-state index in [0.717, 1.165) is 29.5 Å². The number of hydrogen-bond acceptors (Lipinski definition) is 5. The maximum Gasteiger partial charge on any atom is 0.241 e. The van der Waals surface area contributed by atoms with Crippen LogP contribution in [0, 0.1) is 5.82 Å². The number of H-pyrrole nitrogens is 1. The number of hydrogen-bond donors (Lipinski definition) is 3. The number of halogens is 1. The van der Waals surface area contributed by atoms with Gasteiger partial charge in [-0.25, -0.2) is 9.37 Å². The molecule has 0 radical (unpaired) electrons. The number of benzene rings is 1. The summed E-state index contributed by atoms with van der Waals surface area (Å²) in [6, 6.07) is 10.3. The molecule has 0 spiro atoms. The highest BCUT2D eigenvalue weighted by molar-refractivity contribution is 5.87. The first-order valence-electron chi connectivity index (χ1n) is 10.3. The quantitative estimate of drug-likeness (QED) is 0.564. The number of amides is 2. The van der Waals surface area contributed by atoms with E-state index < -0.39 is 0 Å². The van der Waals surface area contributed by atoms with Gasteiger partial charge in [0.2, 0.25) is 11.8 Å². The Morgan fingerprint density at radius 2 is 2.03 bits per heavy atom. The van der Waals surface area contributed by atoms with Crippen molar-refractivity contribution in [2.45, 2.75) is 32.2 Å². The van der Waals surface area contributed by atoms with Crippen LogP contribution in [0.4, 0.5) is 10.2 Å². The molecular weight excluding hydrogens is 399 g/mol. The molecule has 2 amide bonds. The molecule has 8 nitrogen and oxygen atoms in total. The van der Waals surface area contributed by atoms with Gasteiger partial charge in [0.15, 0.2) is 11.5 Å². The van der Waals surface area contributed by atoms with E-state index >= 15 is 0 Å². The minimum absolute atomic E-state index is 0.0259. The first-order valence-corrected chi connectivity index (χ1v) is 10.3. The second-order valence-corrected chi connectivity index (χ2v) is 7.77. The van der Waals surface area contributed by atoms with Crippen molar-refractivity contribution in [3.8, 4) is 0 Å². The third kappa shape index (κ3) is 4.99. The predicted molar refractivity (Wildman–Crippen MR) is 115 cm³/mol. The van der Waals surface area contributed by atoms with Crippen LogP contribution in [0.25, 0.3) is 11.0 Å². The van der Waals surface area contributed by atoms with Crippen LogP contribution in [0.15, 0.2) is 36.4 Å². The molecule has 3 aromatic rings. The summed E-state index contributed by atoms with van der Waals surface area (Å²) < 4.78 is 13.1. The van der Waals surface area contributed by atoms with Crippen molar-refractivity contribution in [2.24, 2.45) is 0 Å². The van der Waals surface area contributed by atoms with Gasteiger partial charge in [0.25, 0.3) is 0 Å². The Morgan fingerprint density at radius 1 is 1.23 bits per heavy atom. The van der Waals surface area contributed by atoms with Crippen molar-refractivity contribution in [3.05, 3.63) is 53.5 Å². The van der Waals surface area contributed by atoms with E-state index in [4.69, 9.17) is 4.98 Å². The van der Waals surface area contributed by atoms with E-state index in [1.165, 1.54) is 19.1 Å². The van der Waals surface area contributed by atoms with Crippen molar-refractivity contribution >= 4 is 28.7 Å². The van der Waals surface area contributed by atoms with Crippen molar-refractivity contribution < 1.29 is 14.0 Å². The Hall–Kier alpha value is -3.49. The number of piperidine rings is 1. The van der Waals surface area contributed by atoms with Gasteiger partial charge in [-0.3, -0.25) is 14.7 Å². The number of aromatic nitrogens is 3. The fourth-order valence-corrected chi connectivity index (χ4v) is 3.83. The summed E-state index contributed by atoms with van der Waals surface area (Å²) in [6.07, 6.45) is 1.84. The molecule has 31 heavy (non-hydrogen) atoms. The lowest BCUT2D eigenvalue weighted by Crippen LogP contribution is -2.44. The zero-order valence-electron chi connectivity index (χ0n) is 17.3. The van der Waals surface area contributed by atoms with Crippen molar-refractivity contribution in [2.75, 3.05) is 25.0 Å². The van der Waals surface area contributed by atoms with Gasteiger partial charge >= 0.3 is 0 Å². The van der Waals surface area contributed by atoms with E-state index in [2.05, 4.69) is 20.8 Å². The van der Waals surface area contributed by atoms with Crippen LogP contribution in [0.5, 0.6) is 0 Å². The summed E-state index contributed by atoms with van der Waals surface area (Å²) in [4.78, 5) is 29.9. The lowest BCUT2D eigenvalue weighted by atomic mass is 9.94. The molecule has 9 heteroatoms. The van der Waals surface area contributed by atoms with Gasteiger partial charge in [0, 0.05) is 38.2 Å². The third-order valence-corrected chi connectivity index (χ3v) is 5.50. The summed E-state index contributed by atoms with van der Waals surface area (Å²) in [5.41, 5.74) is 2.55. The maximum absolute atomic E-state index is 13.1.